The van der Waals surface area contributed by atoms with E-state index >= 15 is 0 Å². The molecule has 2 aromatic rings. The first-order valence-corrected chi connectivity index (χ1v) is 11.5. The van der Waals surface area contributed by atoms with Crippen LogP contribution in [0.3, 0.4) is 0 Å². The summed E-state index contributed by atoms with van der Waals surface area (Å²) in [6.07, 6.45) is 3.21. The minimum atomic E-state index is -0.418. The third-order valence-electron chi connectivity index (χ3n) is 4.30. The van der Waals surface area contributed by atoms with E-state index in [1.54, 1.807) is 30.3 Å². The van der Waals surface area contributed by atoms with Gasteiger partial charge in [-0.15, -0.1) is 10.2 Å². The van der Waals surface area contributed by atoms with Gasteiger partial charge in [0, 0.05) is 13.0 Å². The molecule has 0 aliphatic carbocycles. The van der Waals surface area contributed by atoms with Crippen molar-refractivity contribution in [3.63, 3.8) is 0 Å². The molecule has 1 aliphatic heterocycles. The summed E-state index contributed by atoms with van der Waals surface area (Å²) in [4.78, 5) is 38.3. The van der Waals surface area contributed by atoms with Crippen molar-refractivity contribution in [3.05, 3.63) is 45.3 Å². The Balaban J connectivity index is 1.53. The lowest BCUT2D eigenvalue weighted by molar-refractivity contribution is -0.122. The van der Waals surface area contributed by atoms with Crippen LogP contribution in [0.25, 0.3) is 6.08 Å². The number of thiocarbonyl (C=S) groups is 1. The molecule has 1 saturated heterocycles. The minimum absolute atomic E-state index is 0.175. The van der Waals surface area contributed by atoms with E-state index in [-0.39, 0.29) is 18.2 Å². The zero-order valence-electron chi connectivity index (χ0n) is 16.9. The van der Waals surface area contributed by atoms with E-state index < -0.39 is 5.97 Å². The van der Waals surface area contributed by atoms with E-state index in [4.69, 9.17) is 12.2 Å². The molecule has 162 valence electrons. The molecule has 0 saturated carbocycles. The molecule has 0 unspecified atom stereocenters. The Morgan fingerprint density at radius 3 is 2.65 bits per heavy atom. The van der Waals surface area contributed by atoms with E-state index in [1.807, 2.05) is 6.92 Å². The molecule has 1 N–H and O–H groups in total. The molecule has 0 radical (unpaired) electrons. The number of nitrogens with one attached hydrogen (secondary N) is 1. The summed E-state index contributed by atoms with van der Waals surface area (Å²) in [5.41, 5.74) is 1.21. The molecule has 2 amide bonds. The number of hydrogen-bond acceptors (Lipinski definition) is 9. The molecule has 2 heterocycles. The fourth-order valence-electron chi connectivity index (χ4n) is 2.70. The largest absolute Gasteiger partial charge is 0.465 e. The van der Waals surface area contributed by atoms with Gasteiger partial charge in [-0.25, -0.2) is 4.79 Å². The standard InChI is InChI=1S/C20H20N4O4S3/c1-3-16-22-23-19(31-16)21-15(25)5-4-10-24-17(26)14(30-20(24)29)11-12-6-8-13(9-7-12)18(27)28-2/h6-9,11H,3-5,10H2,1-2H3,(H,21,23,25)/b14-11+. The molecule has 1 aliphatic rings. The second kappa shape index (κ2) is 10.6. The summed E-state index contributed by atoms with van der Waals surface area (Å²) >= 11 is 7.90. The Morgan fingerprint density at radius 1 is 1.26 bits per heavy atom. The Morgan fingerprint density at radius 2 is 2.00 bits per heavy atom. The van der Waals surface area contributed by atoms with Gasteiger partial charge in [-0.3, -0.25) is 14.5 Å². The number of aryl methyl sites for hydroxylation is 1. The van der Waals surface area contributed by atoms with E-state index in [1.165, 1.54) is 35.1 Å². The first kappa shape index (κ1) is 23.0. The third kappa shape index (κ3) is 5.96. The summed E-state index contributed by atoms with van der Waals surface area (Å²) in [5, 5.41) is 11.9. The van der Waals surface area contributed by atoms with Gasteiger partial charge in [0.05, 0.1) is 17.6 Å². The molecule has 1 fully saturated rings. The Hall–Kier alpha value is -2.63. The van der Waals surface area contributed by atoms with Crippen molar-refractivity contribution in [2.45, 2.75) is 26.2 Å². The van der Waals surface area contributed by atoms with Crippen LogP contribution >= 0.6 is 35.3 Å². The van der Waals surface area contributed by atoms with Crippen LogP contribution in [0.1, 0.15) is 40.7 Å². The van der Waals surface area contributed by atoms with Crippen molar-refractivity contribution in [1.82, 2.24) is 15.1 Å². The number of ether oxygens (including phenoxy) is 1. The van der Waals surface area contributed by atoms with Crippen LogP contribution in [-0.2, 0) is 20.7 Å². The summed E-state index contributed by atoms with van der Waals surface area (Å²) in [6, 6.07) is 6.75. The Kier molecular flexibility index (Phi) is 7.88. The second-order valence-corrected chi connectivity index (χ2v) is 9.19. The number of nitrogens with zero attached hydrogens (tertiary/aromatic N) is 3. The van der Waals surface area contributed by atoms with Crippen LogP contribution in [-0.4, -0.2) is 50.9 Å². The van der Waals surface area contributed by atoms with Crippen molar-refractivity contribution < 1.29 is 19.1 Å². The topological polar surface area (TPSA) is 101 Å². The lowest BCUT2D eigenvalue weighted by Gasteiger charge is -2.13. The van der Waals surface area contributed by atoms with Crippen molar-refractivity contribution in [1.29, 1.82) is 0 Å². The van der Waals surface area contributed by atoms with Crippen LogP contribution in [0, 0.1) is 0 Å². The monoisotopic (exact) mass is 476 g/mol. The van der Waals surface area contributed by atoms with Gasteiger partial charge >= 0.3 is 5.97 Å². The number of benzene rings is 1. The highest BCUT2D eigenvalue weighted by Crippen LogP contribution is 2.32. The van der Waals surface area contributed by atoms with Gasteiger partial charge in [0.15, 0.2) is 0 Å². The SMILES string of the molecule is CCc1nnc(NC(=O)CCCN2C(=O)/C(=C\c3ccc(C(=O)OC)cc3)SC2=S)s1. The maximum Gasteiger partial charge on any atom is 0.337 e. The molecular weight excluding hydrogens is 456 g/mol. The van der Waals surface area contributed by atoms with Gasteiger partial charge < -0.3 is 10.1 Å². The number of methoxy groups -OCH3 is 1. The summed E-state index contributed by atoms with van der Waals surface area (Å²) in [7, 11) is 1.32. The van der Waals surface area contributed by atoms with Gasteiger partial charge in [-0.05, 0) is 36.6 Å². The smallest absolute Gasteiger partial charge is 0.337 e. The normalized spacial score (nSPS) is 14.9. The number of thioether (sulfide) groups is 1. The molecule has 0 atom stereocenters. The predicted molar refractivity (Wildman–Crippen MR) is 125 cm³/mol. The van der Waals surface area contributed by atoms with E-state index in [2.05, 4.69) is 20.3 Å². The van der Waals surface area contributed by atoms with Crippen molar-refractivity contribution in [2.75, 3.05) is 19.0 Å². The number of anilines is 1. The minimum Gasteiger partial charge on any atom is -0.465 e. The van der Waals surface area contributed by atoms with Gasteiger partial charge in [-0.2, -0.15) is 0 Å². The highest BCUT2D eigenvalue weighted by atomic mass is 32.2. The van der Waals surface area contributed by atoms with Crippen molar-refractivity contribution in [2.24, 2.45) is 0 Å². The highest BCUT2D eigenvalue weighted by molar-refractivity contribution is 8.26. The zero-order chi connectivity index (χ0) is 22.4. The third-order valence-corrected chi connectivity index (χ3v) is 6.67. The quantitative estimate of drug-likeness (QED) is 0.351. The molecule has 1 aromatic carbocycles. The molecular formula is C20H20N4O4S3. The predicted octanol–water partition coefficient (Wildman–Crippen LogP) is 3.51. The Labute approximate surface area is 193 Å². The lowest BCUT2D eigenvalue weighted by atomic mass is 10.1. The van der Waals surface area contributed by atoms with Crippen LogP contribution in [0.5, 0.6) is 0 Å². The van der Waals surface area contributed by atoms with E-state index in [0.717, 1.165) is 17.0 Å². The zero-order valence-corrected chi connectivity index (χ0v) is 19.4. The molecule has 0 bridgehead atoms. The number of aromatic nitrogens is 2. The van der Waals surface area contributed by atoms with Gasteiger partial charge in [-0.1, -0.05) is 54.4 Å². The maximum atomic E-state index is 12.7. The fraction of sp³-hybridized carbons (Fsp3) is 0.300. The number of hydrogen-bond donors (Lipinski definition) is 1. The first-order chi connectivity index (χ1) is 14.9. The fourth-order valence-corrected chi connectivity index (χ4v) is 4.71. The van der Waals surface area contributed by atoms with Gasteiger partial charge in [0.2, 0.25) is 11.0 Å². The number of esters is 1. The highest BCUT2D eigenvalue weighted by Gasteiger charge is 2.31. The van der Waals surface area contributed by atoms with Gasteiger partial charge in [0.1, 0.15) is 9.33 Å². The van der Waals surface area contributed by atoms with Gasteiger partial charge in [0.25, 0.3) is 5.91 Å². The summed E-state index contributed by atoms with van der Waals surface area (Å²) in [5.74, 6) is -0.784. The molecule has 1 aromatic heterocycles. The molecule has 11 heteroatoms. The lowest BCUT2D eigenvalue weighted by Crippen LogP contribution is -2.29. The van der Waals surface area contributed by atoms with E-state index in [0.29, 0.717) is 32.9 Å². The number of amides is 2. The second-order valence-electron chi connectivity index (χ2n) is 6.45. The Bertz CT molecular complexity index is 1030. The first-order valence-electron chi connectivity index (χ1n) is 9.47. The number of carbonyl (C=O) groups excluding carboxylic acids is 3. The average Bonchev–Trinajstić information content (AvgIpc) is 3.32. The molecule has 31 heavy (non-hydrogen) atoms. The number of rotatable bonds is 8. The average molecular weight is 477 g/mol. The summed E-state index contributed by atoms with van der Waals surface area (Å²) in [6.45, 7) is 2.33. The number of carbonyl (C=O) groups is 3. The van der Waals surface area contributed by atoms with Crippen LogP contribution in [0.2, 0.25) is 0 Å². The van der Waals surface area contributed by atoms with Crippen LogP contribution < -0.4 is 5.32 Å². The van der Waals surface area contributed by atoms with Crippen LogP contribution in [0.15, 0.2) is 29.2 Å². The molecule has 0 spiro atoms. The van der Waals surface area contributed by atoms with E-state index in [9.17, 15) is 14.4 Å². The molecule has 3 rings (SSSR count). The van der Waals surface area contributed by atoms with Crippen molar-refractivity contribution in [3.8, 4) is 0 Å². The maximum absolute atomic E-state index is 12.7. The van der Waals surface area contributed by atoms with Crippen molar-refractivity contribution >= 4 is 68.6 Å². The van der Waals surface area contributed by atoms with Crippen LogP contribution in [0.4, 0.5) is 5.13 Å². The summed E-state index contributed by atoms with van der Waals surface area (Å²) < 4.78 is 5.14. The molecule has 8 nitrogen and oxygen atoms in total.